The minimum atomic E-state index is -4.01. The Morgan fingerprint density at radius 1 is 0.958 bits per heavy atom. The Labute approximate surface area is 153 Å². The fraction of sp³-hybridized carbons (Fsp3) is 0.263. The maximum Gasteiger partial charge on any atom is 0.288 e. The number of carbonyl (C=O) groups excluding carboxylic acids is 2. The van der Waals surface area contributed by atoms with Crippen molar-refractivity contribution in [2.24, 2.45) is 0 Å². The van der Waals surface area contributed by atoms with E-state index >= 15 is 0 Å². The molecule has 1 N–H and O–H groups in total. The van der Waals surface area contributed by atoms with Gasteiger partial charge in [-0.15, -0.1) is 0 Å². The highest BCUT2D eigenvalue weighted by molar-refractivity contribution is 6.28. The van der Waals surface area contributed by atoms with E-state index in [4.69, 9.17) is 12.3 Å². The molecule has 0 aliphatic carbocycles. The zero-order valence-corrected chi connectivity index (χ0v) is 12.4. The lowest BCUT2D eigenvalue weighted by Crippen LogP contribution is -2.44. The third-order valence-electron chi connectivity index (χ3n) is 3.51. The van der Waals surface area contributed by atoms with Crippen LogP contribution < -0.4 is 10.0 Å². The molecule has 0 aromatic heterocycles. The van der Waals surface area contributed by atoms with E-state index in [-0.39, 0.29) is 11.4 Å². The predicted molar refractivity (Wildman–Crippen MR) is 92.3 cm³/mol. The minimum Gasteiger partial charge on any atom is -0.371 e. The van der Waals surface area contributed by atoms with Crippen molar-refractivity contribution in [2.75, 3.05) is 10.0 Å². The number of rotatable bonds is 5. The lowest BCUT2D eigenvalue weighted by atomic mass is 9.96. The molecule has 0 radical (unpaired) electrons. The highest BCUT2D eigenvalue weighted by Crippen LogP contribution is 2.36. The van der Waals surface area contributed by atoms with Gasteiger partial charge in [0.05, 0.1) is 11.4 Å². The Balaban J connectivity index is 2.25. The highest BCUT2D eigenvalue weighted by Gasteiger charge is 2.58. The number of nitrogens with zero attached hydrogens (tertiary/aromatic N) is 2. The van der Waals surface area contributed by atoms with Crippen LogP contribution in [0.25, 0.3) is 0 Å². The molecule has 124 valence electrons. The van der Waals surface area contributed by atoms with Crippen LogP contribution in [0.15, 0.2) is 60.7 Å². The van der Waals surface area contributed by atoms with Crippen molar-refractivity contribution in [3.8, 4) is 0 Å². The first-order valence-corrected chi connectivity index (χ1v) is 7.05. The molecule has 5 heteroatoms. The van der Waals surface area contributed by atoms with Crippen molar-refractivity contribution in [1.82, 2.24) is 0 Å². The minimum absolute atomic E-state index is 0.0332. The molecule has 1 saturated heterocycles. The summed E-state index contributed by atoms with van der Waals surface area (Å²) in [7, 11) is 0. The Morgan fingerprint density at radius 2 is 1.42 bits per heavy atom. The third-order valence-corrected chi connectivity index (χ3v) is 3.51. The smallest absolute Gasteiger partial charge is 0.288 e. The van der Waals surface area contributed by atoms with Crippen LogP contribution in [-0.2, 0) is 9.59 Å². The number of hydrogen-bond donors (Lipinski definition) is 1. The van der Waals surface area contributed by atoms with Crippen LogP contribution in [-0.4, -0.2) is 22.5 Å². The third kappa shape index (κ3) is 2.57. The maximum absolute atomic E-state index is 13.4. The summed E-state index contributed by atoms with van der Waals surface area (Å²) in [5.41, 5.74) is -3.72. The van der Waals surface area contributed by atoms with Gasteiger partial charge in [-0.05, 0) is 37.0 Å². The van der Waals surface area contributed by atoms with Crippen molar-refractivity contribution in [2.45, 2.75) is 31.6 Å². The zero-order valence-electron chi connectivity index (χ0n) is 21.4. The maximum atomic E-state index is 13.4. The van der Waals surface area contributed by atoms with Crippen LogP contribution in [0.5, 0.6) is 0 Å². The number of anilines is 2. The summed E-state index contributed by atoms with van der Waals surface area (Å²) in [5, 5.41) is 12.5. The number of carbonyl (C=O) groups is 2. The summed E-state index contributed by atoms with van der Waals surface area (Å²) in [4.78, 5) is 26.9. The van der Waals surface area contributed by atoms with E-state index < -0.39 is 43.4 Å². The fourth-order valence-corrected chi connectivity index (χ4v) is 2.41. The standard InChI is InChI=1S/C19H20N2O3/c1-2-3-14-19(24)17(22)20(15-10-6-4-7-11-15)21(18(19)23)16-12-8-5-9-13-16/h4-13,24H,2-3,14H2,1H3/i1D3,2D2,3D2,14D2. The van der Waals surface area contributed by atoms with Crippen molar-refractivity contribution in [1.29, 1.82) is 0 Å². The molecule has 5 nitrogen and oxygen atoms in total. The Bertz CT molecular complexity index is 1000. The molecule has 2 amide bonds. The molecule has 0 saturated carbocycles. The van der Waals surface area contributed by atoms with Crippen molar-refractivity contribution in [3.63, 3.8) is 0 Å². The Kier molecular flexibility index (Phi) is 2.27. The van der Waals surface area contributed by atoms with E-state index in [0.717, 1.165) is 0 Å². The van der Waals surface area contributed by atoms with E-state index in [9.17, 15) is 14.7 Å². The van der Waals surface area contributed by atoms with Gasteiger partial charge in [0.1, 0.15) is 0 Å². The quantitative estimate of drug-likeness (QED) is 0.856. The summed E-state index contributed by atoms with van der Waals surface area (Å²) in [6, 6.07) is 14.8. The molecule has 0 unspecified atom stereocenters. The predicted octanol–water partition coefficient (Wildman–Crippen LogP) is 2.90. The van der Waals surface area contributed by atoms with Crippen LogP contribution >= 0.6 is 0 Å². The fourth-order valence-electron chi connectivity index (χ4n) is 2.41. The average molecular weight is 333 g/mol. The van der Waals surface area contributed by atoms with Gasteiger partial charge < -0.3 is 5.11 Å². The molecular weight excluding hydrogens is 304 g/mol. The van der Waals surface area contributed by atoms with Gasteiger partial charge in [0.2, 0.25) is 5.60 Å². The van der Waals surface area contributed by atoms with E-state index in [1.807, 2.05) is 0 Å². The molecule has 1 aliphatic rings. The summed E-state index contributed by atoms with van der Waals surface area (Å²) < 4.78 is 70.2. The van der Waals surface area contributed by atoms with E-state index in [0.29, 0.717) is 10.0 Å². The van der Waals surface area contributed by atoms with Crippen molar-refractivity contribution < 1.29 is 27.0 Å². The highest BCUT2D eigenvalue weighted by atomic mass is 16.3. The van der Waals surface area contributed by atoms with Crippen LogP contribution in [0.4, 0.5) is 11.4 Å². The van der Waals surface area contributed by atoms with Crippen LogP contribution in [0, 0.1) is 0 Å². The van der Waals surface area contributed by atoms with E-state index in [1.54, 1.807) is 12.1 Å². The first-order valence-electron chi connectivity index (χ1n) is 11.5. The van der Waals surface area contributed by atoms with Gasteiger partial charge in [0, 0.05) is 12.3 Å². The molecule has 0 spiro atoms. The van der Waals surface area contributed by atoms with Gasteiger partial charge in [-0.1, -0.05) is 49.6 Å². The average Bonchev–Trinajstić information content (AvgIpc) is 2.96. The lowest BCUT2D eigenvalue weighted by molar-refractivity contribution is -0.145. The van der Waals surface area contributed by atoms with Crippen molar-refractivity contribution >= 4 is 23.2 Å². The molecule has 1 fully saturated rings. The molecule has 1 aliphatic heterocycles. The van der Waals surface area contributed by atoms with Crippen LogP contribution in [0.1, 0.15) is 38.3 Å². The number of benzene rings is 2. The molecular formula is C19H20N2O3. The Hall–Kier alpha value is -2.66. The van der Waals surface area contributed by atoms with Gasteiger partial charge >= 0.3 is 0 Å². The number of hydrazine groups is 1. The van der Waals surface area contributed by atoms with Gasteiger partial charge in [0.25, 0.3) is 11.8 Å². The van der Waals surface area contributed by atoms with Crippen molar-refractivity contribution in [3.05, 3.63) is 60.7 Å². The first-order chi connectivity index (χ1) is 15.0. The summed E-state index contributed by atoms with van der Waals surface area (Å²) >= 11 is 0. The second kappa shape index (κ2) is 6.45. The summed E-state index contributed by atoms with van der Waals surface area (Å²) in [6.07, 6.45) is -11.9. The molecule has 2 aromatic carbocycles. The van der Waals surface area contributed by atoms with E-state index in [2.05, 4.69) is 0 Å². The second-order valence-corrected chi connectivity index (χ2v) is 4.99. The number of hydrogen-bond acceptors (Lipinski definition) is 3. The molecule has 0 bridgehead atoms. The largest absolute Gasteiger partial charge is 0.371 e. The molecule has 0 atom stereocenters. The van der Waals surface area contributed by atoms with Gasteiger partial charge in [-0.3, -0.25) is 9.59 Å². The van der Waals surface area contributed by atoms with Gasteiger partial charge in [-0.2, -0.15) is 0 Å². The second-order valence-electron chi connectivity index (χ2n) is 4.99. The topological polar surface area (TPSA) is 60.9 Å². The monoisotopic (exact) mass is 333 g/mol. The lowest BCUT2D eigenvalue weighted by Gasteiger charge is -2.27. The van der Waals surface area contributed by atoms with Crippen LogP contribution in [0.2, 0.25) is 0 Å². The SMILES string of the molecule is [2H]C([2H])([2H])C([2H])([2H])C([2H])([2H])C([2H])([2H])C1(O)C(=O)N(c2ccccc2)N(c2ccccc2)C1=O. The number of aliphatic hydroxyl groups is 1. The first kappa shape index (κ1) is 8.44. The summed E-state index contributed by atoms with van der Waals surface area (Å²) in [5.74, 6) is -3.20. The molecule has 1 heterocycles. The van der Waals surface area contributed by atoms with Gasteiger partial charge in [0.15, 0.2) is 0 Å². The number of amides is 2. The van der Waals surface area contributed by atoms with Gasteiger partial charge in [-0.25, -0.2) is 10.0 Å². The molecule has 3 rings (SSSR count). The Morgan fingerprint density at radius 3 is 1.83 bits per heavy atom. The van der Waals surface area contributed by atoms with E-state index in [1.165, 1.54) is 48.5 Å². The van der Waals surface area contributed by atoms with Crippen LogP contribution in [0.3, 0.4) is 0 Å². The zero-order chi connectivity index (χ0) is 25.0. The number of para-hydroxylation sites is 2. The molecule has 2 aromatic rings. The molecule has 24 heavy (non-hydrogen) atoms. The normalized spacial score (nSPS) is 24.6. The summed E-state index contributed by atoms with van der Waals surface area (Å²) in [6.45, 7) is -3.68.